The first-order valence-electron chi connectivity index (χ1n) is 10.1. The lowest BCUT2D eigenvalue weighted by atomic mass is 10.1. The van der Waals surface area contributed by atoms with Crippen LogP contribution in [0.2, 0.25) is 0 Å². The van der Waals surface area contributed by atoms with Crippen molar-refractivity contribution in [3.63, 3.8) is 0 Å². The van der Waals surface area contributed by atoms with Gasteiger partial charge in [-0.2, -0.15) is 9.61 Å². The van der Waals surface area contributed by atoms with E-state index in [4.69, 9.17) is 10.1 Å². The van der Waals surface area contributed by atoms with Gasteiger partial charge in [-0.05, 0) is 25.5 Å². The van der Waals surface area contributed by atoms with E-state index in [1.807, 2.05) is 22.8 Å². The third-order valence-corrected chi connectivity index (χ3v) is 5.57. The molecule has 0 saturated carbocycles. The van der Waals surface area contributed by atoms with E-state index < -0.39 is 0 Å². The Morgan fingerprint density at radius 1 is 0.862 bits per heavy atom. The maximum atomic E-state index is 4.88. The van der Waals surface area contributed by atoms with Crippen molar-refractivity contribution in [2.24, 2.45) is 0 Å². The van der Waals surface area contributed by atoms with Crippen molar-refractivity contribution in [2.75, 3.05) is 36.0 Å². The van der Waals surface area contributed by atoms with Crippen LogP contribution >= 0.6 is 0 Å². The molecule has 3 aromatic heterocycles. The lowest BCUT2D eigenvalue weighted by Gasteiger charge is -2.32. The number of H-pyrrole nitrogens is 1. The Balaban J connectivity index is 1.50. The molecule has 1 aromatic carbocycles. The van der Waals surface area contributed by atoms with E-state index in [2.05, 4.69) is 71.1 Å². The standard InChI is InChI=1S/C23H24N6/c1-17-16-21(28-14-12-27(13-15-28)20-10-6-7-11-24-20)29-23(25-17)22(18(2)26-29)19-8-4-3-5-9-19/h3-11,16H,12-15H2,1-2H3/p+1. The zero-order valence-corrected chi connectivity index (χ0v) is 16.8. The number of aromatic amines is 1. The van der Waals surface area contributed by atoms with Crippen LogP contribution < -0.4 is 14.8 Å². The molecule has 146 valence electrons. The minimum atomic E-state index is 0.933. The maximum absolute atomic E-state index is 4.88. The number of anilines is 2. The summed E-state index contributed by atoms with van der Waals surface area (Å²) in [5.74, 6) is 2.29. The molecular formula is C23H25N6+. The summed E-state index contributed by atoms with van der Waals surface area (Å²) in [6, 6.07) is 18.8. The molecule has 6 nitrogen and oxygen atoms in total. The van der Waals surface area contributed by atoms with Crippen LogP contribution in [0.3, 0.4) is 0 Å². The van der Waals surface area contributed by atoms with E-state index in [1.54, 1.807) is 0 Å². The fraction of sp³-hybridized carbons (Fsp3) is 0.261. The Morgan fingerprint density at radius 3 is 2.31 bits per heavy atom. The molecule has 5 rings (SSSR count). The number of rotatable bonds is 3. The van der Waals surface area contributed by atoms with Crippen molar-refractivity contribution >= 4 is 17.3 Å². The third-order valence-electron chi connectivity index (χ3n) is 5.57. The van der Waals surface area contributed by atoms with Gasteiger partial charge in [0.1, 0.15) is 18.9 Å². The second-order valence-electron chi connectivity index (χ2n) is 7.54. The molecule has 0 bridgehead atoms. The number of fused-ring (bicyclic) bond motifs is 1. The molecule has 0 spiro atoms. The van der Waals surface area contributed by atoms with Crippen LogP contribution in [-0.2, 0) is 0 Å². The van der Waals surface area contributed by atoms with Gasteiger partial charge in [-0.25, -0.2) is 9.97 Å². The molecular weight excluding hydrogens is 360 g/mol. The first kappa shape index (κ1) is 17.7. The summed E-state index contributed by atoms with van der Waals surface area (Å²) >= 11 is 0. The van der Waals surface area contributed by atoms with Crippen molar-refractivity contribution in [1.29, 1.82) is 0 Å². The number of hydrogen-bond acceptors (Lipinski definition) is 4. The molecule has 1 aliphatic rings. The van der Waals surface area contributed by atoms with Gasteiger partial charge in [0, 0.05) is 23.4 Å². The molecule has 0 unspecified atom stereocenters. The first-order chi connectivity index (χ1) is 14.2. The van der Waals surface area contributed by atoms with E-state index in [0.29, 0.717) is 0 Å². The van der Waals surface area contributed by atoms with Crippen LogP contribution in [0.15, 0.2) is 60.8 Å². The minimum Gasteiger partial charge on any atom is -0.349 e. The summed E-state index contributed by atoms with van der Waals surface area (Å²) in [6.07, 6.45) is 1.98. The number of aromatic nitrogens is 4. The molecule has 1 N–H and O–H groups in total. The smallest absolute Gasteiger partial charge is 0.274 e. The van der Waals surface area contributed by atoms with Gasteiger partial charge in [0.25, 0.3) is 5.82 Å². The van der Waals surface area contributed by atoms with Gasteiger partial charge in [-0.15, -0.1) is 0 Å². The van der Waals surface area contributed by atoms with Gasteiger partial charge in [-0.3, -0.25) is 4.90 Å². The minimum absolute atomic E-state index is 0.933. The van der Waals surface area contributed by atoms with Crippen LogP contribution in [0.1, 0.15) is 11.4 Å². The van der Waals surface area contributed by atoms with Crippen molar-refractivity contribution in [2.45, 2.75) is 13.8 Å². The summed E-state index contributed by atoms with van der Waals surface area (Å²) < 4.78 is 2.02. The van der Waals surface area contributed by atoms with Gasteiger partial charge < -0.3 is 4.90 Å². The lowest BCUT2D eigenvalue weighted by Crippen LogP contribution is -2.48. The van der Waals surface area contributed by atoms with Crippen LogP contribution in [-0.4, -0.2) is 40.8 Å². The van der Waals surface area contributed by atoms with Crippen LogP contribution in [0.5, 0.6) is 0 Å². The second kappa shape index (κ2) is 7.20. The van der Waals surface area contributed by atoms with Crippen LogP contribution in [0.25, 0.3) is 16.8 Å². The molecule has 0 amide bonds. The normalized spacial score (nSPS) is 14.6. The van der Waals surface area contributed by atoms with E-state index in [0.717, 1.165) is 60.2 Å². The average molecular weight is 385 g/mol. The highest BCUT2D eigenvalue weighted by molar-refractivity contribution is 5.81. The largest absolute Gasteiger partial charge is 0.349 e. The Kier molecular flexibility index (Phi) is 4.39. The van der Waals surface area contributed by atoms with Crippen LogP contribution in [0, 0.1) is 13.8 Å². The summed E-state index contributed by atoms with van der Waals surface area (Å²) in [5, 5.41) is 4.88. The van der Waals surface area contributed by atoms with Crippen molar-refractivity contribution in [3.8, 4) is 11.1 Å². The van der Waals surface area contributed by atoms with Gasteiger partial charge in [-0.1, -0.05) is 36.4 Å². The monoisotopic (exact) mass is 385 g/mol. The van der Waals surface area contributed by atoms with Gasteiger partial charge in [0.15, 0.2) is 5.65 Å². The van der Waals surface area contributed by atoms with Gasteiger partial charge in [0.2, 0.25) is 0 Å². The van der Waals surface area contributed by atoms with E-state index >= 15 is 0 Å². The summed E-state index contributed by atoms with van der Waals surface area (Å²) in [5.41, 5.74) is 5.24. The molecule has 0 aliphatic carbocycles. The molecule has 0 atom stereocenters. The van der Waals surface area contributed by atoms with Crippen LogP contribution in [0.4, 0.5) is 11.6 Å². The Bertz CT molecular complexity index is 1130. The number of nitrogens with zero attached hydrogens (tertiary/aromatic N) is 5. The number of hydrogen-bond donors (Lipinski definition) is 0. The summed E-state index contributed by atoms with van der Waals surface area (Å²) in [6.45, 7) is 7.96. The Morgan fingerprint density at radius 2 is 1.59 bits per heavy atom. The molecule has 29 heavy (non-hydrogen) atoms. The number of nitrogens with one attached hydrogen (secondary N) is 1. The lowest BCUT2D eigenvalue weighted by molar-refractivity contribution is -0.364. The molecule has 6 heteroatoms. The molecule has 4 aromatic rings. The molecule has 1 fully saturated rings. The zero-order valence-electron chi connectivity index (χ0n) is 16.8. The highest BCUT2D eigenvalue weighted by atomic mass is 15.4. The fourth-order valence-electron chi connectivity index (χ4n) is 4.15. The molecule has 0 radical (unpaired) electrons. The van der Waals surface area contributed by atoms with Gasteiger partial charge in [0.05, 0.1) is 25.0 Å². The van der Waals surface area contributed by atoms with Crippen molar-refractivity contribution < 1.29 is 4.98 Å². The Labute approximate surface area is 170 Å². The average Bonchev–Trinajstić information content (AvgIpc) is 3.10. The van der Waals surface area contributed by atoms with Crippen molar-refractivity contribution in [3.05, 3.63) is 72.2 Å². The predicted octanol–water partition coefficient (Wildman–Crippen LogP) is 3.15. The quantitative estimate of drug-likeness (QED) is 0.544. The molecule has 1 saturated heterocycles. The SMILES string of the molecule is Cc1cc(N2CCN(c3cccc[nH+]3)CC2)n2nc(C)c(-c3ccccc3)c2n1. The maximum Gasteiger partial charge on any atom is 0.274 e. The predicted molar refractivity (Wildman–Crippen MR) is 115 cm³/mol. The fourth-order valence-corrected chi connectivity index (χ4v) is 4.15. The molecule has 4 heterocycles. The first-order valence-corrected chi connectivity index (χ1v) is 10.1. The van der Waals surface area contributed by atoms with E-state index in [-0.39, 0.29) is 0 Å². The topological polar surface area (TPSA) is 50.8 Å². The number of piperazine rings is 1. The second-order valence-corrected chi connectivity index (χ2v) is 7.54. The van der Waals surface area contributed by atoms with E-state index in [1.165, 1.54) is 5.82 Å². The number of aryl methyl sites for hydroxylation is 2. The summed E-state index contributed by atoms with van der Waals surface area (Å²) in [7, 11) is 0. The molecule has 1 aliphatic heterocycles. The summed E-state index contributed by atoms with van der Waals surface area (Å²) in [4.78, 5) is 13.0. The highest BCUT2D eigenvalue weighted by Crippen LogP contribution is 2.30. The highest BCUT2D eigenvalue weighted by Gasteiger charge is 2.26. The van der Waals surface area contributed by atoms with Gasteiger partial charge >= 0.3 is 0 Å². The van der Waals surface area contributed by atoms with E-state index in [9.17, 15) is 0 Å². The van der Waals surface area contributed by atoms with Crippen molar-refractivity contribution in [1.82, 2.24) is 14.6 Å². The number of pyridine rings is 1. The Hall–Kier alpha value is -3.41. The number of benzene rings is 1. The zero-order chi connectivity index (χ0) is 19.8. The third kappa shape index (κ3) is 3.20.